The molecule has 0 radical (unpaired) electrons. The number of hydrogen-bond acceptors (Lipinski definition) is 7. The van der Waals surface area contributed by atoms with Crippen molar-refractivity contribution in [3.63, 3.8) is 0 Å². The quantitative estimate of drug-likeness (QED) is 0.319. The van der Waals surface area contributed by atoms with Crippen molar-refractivity contribution in [2.45, 2.75) is 11.8 Å². The molecule has 0 unspecified atom stereocenters. The highest BCUT2D eigenvalue weighted by Gasteiger charge is 2.35. The molecule has 2 amide bonds. The number of nitro groups is 1. The van der Waals surface area contributed by atoms with Gasteiger partial charge in [0, 0.05) is 12.1 Å². The van der Waals surface area contributed by atoms with Crippen LogP contribution < -0.4 is 0 Å². The number of carbonyl (C=O) groups is 2. The van der Waals surface area contributed by atoms with Gasteiger partial charge in [0.1, 0.15) is 4.90 Å². The summed E-state index contributed by atoms with van der Waals surface area (Å²) in [4.78, 5) is 35.2. The molecule has 10 heteroatoms. The summed E-state index contributed by atoms with van der Waals surface area (Å²) in [7, 11) is -4.29. The lowest BCUT2D eigenvalue weighted by atomic mass is 10.1. The summed E-state index contributed by atoms with van der Waals surface area (Å²) in [6.07, 6.45) is 0. The fraction of sp³-hybridized carbons (Fsp3) is 0.176. The normalized spacial score (nSPS) is 13.7. The lowest BCUT2D eigenvalue weighted by Crippen LogP contribution is -2.33. The van der Waals surface area contributed by atoms with Crippen molar-refractivity contribution in [2.24, 2.45) is 0 Å². The summed E-state index contributed by atoms with van der Waals surface area (Å²) >= 11 is 0. The molecule has 0 aliphatic carbocycles. The van der Waals surface area contributed by atoms with Crippen LogP contribution in [0, 0.1) is 17.0 Å². The number of imide groups is 1. The highest BCUT2D eigenvalue weighted by Crippen LogP contribution is 2.24. The first-order valence-corrected chi connectivity index (χ1v) is 9.23. The minimum absolute atomic E-state index is 0.250. The van der Waals surface area contributed by atoms with Gasteiger partial charge in [-0.2, -0.15) is 8.42 Å². The lowest BCUT2D eigenvalue weighted by molar-refractivity contribution is -0.385. The van der Waals surface area contributed by atoms with Crippen LogP contribution in [0.5, 0.6) is 0 Å². The van der Waals surface area contributed by atoms with E-state index in [1.165, 1.54) is 31.2 Å². The van der Waals surface area contributed by atoms with E-state index in [0.717, 1.165) is 11.0 Å². The zero-order chi connectivity index (χ0) is 19.8. The van der Waals surface area contributed by atoms with E-state index >= 15 is 0 Å². The van der Waals surface area contributed by atoms with Crippen molar-refractivity contribution in [3.05, 3.63) is 69.3 Å². The molecular weight excluding hydrogens is 376 g/mol. The van der Waals surface area contributed by atoms with Crippen molar-refractivity contribution in [1.82, 2.24) is 4.90 Å². The Morgan fingerprint density at radius 1 is 1.07 bits per heavy atom. The molecule has 0 fully saturated rings. The Morgan fingerprint density at radius 3 is 2.22 bits per heavy atom. The number of amides is 2. The first-order chi connectivity index (χ1) is 12.7. The van der Waals surface area contributed by atoms with Gasteiger partial charge in [0.05, 0.1) is 29.2 Å². The fourth-order valence-electron chi connectivity index (χ4n) is 2.72. The maximum Gasteiger partial charge on any atom is 0.297 e. The van der Waals surface area contributed by atoms with E-state index in [-0.39, 0.29) is 33.8 Å². The van der Waals surface area contributed by atoms with E-state index in [2.05, 4.69) is 0 Å². The van der Waals surface area contributed by atoms with Gasteiger partial charge >= 0.3 is 0 Å². The predicted molar refractivity (Wildman–Crippen MR) is 92.8 cm³/mol. The van der Waals surface area contributed by atoms with E-state index in [9.17, 15) is 28.1 Å². The zero-order valence-electron chi connectivity index (χ0n) is 14.1. The van der Waals surface area contributed by atoms with Crippen LogP contribution in [0.2, 0.25) is 0 Å². The largest absolute Gasteiger partial charge is 0.297 e. The van der Waals surface area contributed by atoms with Crippen molar-refractivity contribution in [1.29, 1.82) is 0 Å². The van der Waals surface area contributed by atoms with Crippen LogP contribution >= 0.6 is 0 Å². The van der Waals surface area contributed by atoms with Gasteiger partial charge in [-0.15, -0.1) is 0 Å². The molecule has 9 nitrogen and oxygen atoms in total. The minimum atomic E-state index is -4.29. The molecular formula is C17H14N2O7S. The standard InChI is InChI=1S/C17H14N2O7S/c1-11-6-7-12(19(22)23)10-15(11)27(24,25)26-9-8-18-16(20)13-4-2-3-5-14(13)17(18)21/h2-7,10H,8-9H2,1H3. The molecule has 0 N–H and O–H groups in total. The summed E-state index contributed by atoms with van der Waals surface area (Å²) < 4.78 is 29.6. The summed E-state index contributed by atoms with van der Waals surface area (Å²) in [6, 6.07) is 9.68. The molecule has 0 spiro atoms. The number of rotatable bonds is 6. The second-order valence-electron chi connectivity index (χ2n) is 5.79. The average Bonchev–Trinajstić information content (AvgIpc) is 2.87. The van der Waals surface area contributed by atoms with E-state index < -0.39 is 33.5 Å². The predicted octanol–water partition coefficient (Wildman–Crippen LogP) is 1.90. The number of fused-ring (bicyclic) bond motifs is 1. The van der Waals surface area contributed by atoms with Crippen LogP contribution in [0.4, 0.5) is 5.69 Å². The van der Waals surface area contributed by atoms with Crippen molar-refractivity contribution in [3.8, 4) is 0 Å². The number of hydrogen-bond donors (Lipinski definition) is 0. The summed E-state index contributed by atoms with van der Waals surface area (Å²) in [5.41, 5.74) is 0.393. The summed E-state index contributed by atoms with van der Waals surface area (Å²) in [6.45, 7) is 0.750. The van der Waals surface area contributed by atoms with Crippen LogP contribution in [0.25, 0.3) is 0 Å². The van der Waals surface area contributed by atoms with Gasteiger partial charge in [-0.1, -0.05) is 18.2 Å². The Bertz CT molecular complexity index is 1030. The van der Waals surface area contributed by atoms with Gasteiger partial charge in [0.2, 0.25) is 0 Å². The smallest absolute Gasteiger partial charge is 0.272 e. The maximum absolute atomic E-state index is 12.3. The number of aryl methyl sites for hydroxylation is 1. The molecule has 2 aromatic carbocycles. The van der Waals surface area contributed by atoms with E-state index in [1.54, 1.807) is 12.1 Å². The minimum Gasteiger partial charge on any atom is -0.272 e. The maximum atomic E-state index is 12.3. The molecule has 0 bridgehead atoms. The van der Waals surface area contributed by atoms with Gasteiger partial charge in [0.15, 0.2) is 0 Å². The molecule has 0 saturated heterocycles. The van der Waals surface area contributed by atoms with Crippen LogP contribution in [0.3, 0.4) is 0 Å². The van der Waals surface area contributed by atoms with E-state index in [4.69, 9.17) is 4.18 Å². The third kappa shape index (κ3) is 3.44. The van der Waals surface area contributed by atoms with Crippen LogP contribution in [0.15, 0.2) is 47.4 Å². The first-order valence-electron chi connectivity index (χ1n) is 7.82. The SMILES string of the molecule is Cc1ccc([N+](=O)[O-])cc1S(=O)(=O)OCCN1C(=O)c2ccccc2C1=O. The Labute approximate surface area is 154 Å². The Balaban J connectivity index is 1.73. The Kier molecular flexibility index (Phi) is 4.77. The number of non-ortho nitro benzene ring substituents is 1. The van der Waals surface area contributed by atoms with E-state index in [0.29, 0.717) is 0 Å². The molecule has 27 heavy (non-hydrogen) atoms. The third-order valence-corrected chi connectivity index (χ3v) is 5.54. The highest BCUT2D eigenvalue weighted by atomic mass is 32.2. The van der Waals surface area contributed by atoms with Crippen molar-refractivity contribution in [2.75, 3.05) is 13.2 Å². The summed E-state index contributed by atoms with van der Waals surface area (Å²) in [5, 5.41) is 10.8. The zero-order valence-corrected chi connectivity index (χ0v) is 14.9. The van der Waals surface area contributed by atoms with Gasteiger partial charge in [-0.25, -0.2) is 0 Å². The van der Waals surface area contributed by atoms with Crippen molar-refractivity contribution < 1.29 is 27.1 Å². The molecule has 1 heterocycles. The Morgan fingerprint density at radius 2 is 1.67 bits per heavy atom. The molecule has 0 atom stereocenters. The van der Waals surface area contributed by atoms with Gasteiger partial charge in [-0.3, -0.25) is 28.8 Å². The summed E-state index contributed by atoms with van der Waals surface area (Å²) in [5.74, 6) is -1.05. The number of benzene rings is 2. The van der Waals surface area contributed by atoms with Crippen LogP contribution in [-0.2, 0) is 14.3 Å². The molecule has 0 saturated carbocycles. The third-order valence-electron chi connectivity index (χ3n) is 4.08. The van der Waals surface area contributed by atoms with Crippen molar-refractivity contribution >= 4 is 27.6 Å². The molecule has 3 rings (SSSR count). The first kappa shape index (κ1) is 18.7. The van der Waals surface area contributed by atoms with Gasteiger partial charge < -0.3 is 0 Å². The molecule has 140 valence electrons. The number of nitrogens with zero attached hydrogens (tertiary/aromatic N) is 2. The average molecular weight is 390 g/mol. The Hall–Kier alpha value is -3.11. The topological polar surface area (TPSA) is 124 Å². The van der Waals surface area contributed by atoms with Crippen LogP contribution in [-0.4, -0.2) is 43.2 Å². The molecule has 0 aromatic heterocycles. The number of nitro benzene ring substituents is 1. The molecule has 1 aliphatic heterocycles. The second kappa shape index (κ2) is 6.89. The molecule has 2 aromatic rings. The van der Waals surface area contributed by atoms with Gasteiger partial charge in [0.25, 0.3) is 27.6 Å². The monoisotopic (exact) mass is 390 g/mol. The second-order valence-corrected chi connectivity index (χ2v) is 7.37. The van der Waals surface area contributed by atoms with Gasteiger partial charge in [-0.05, 0) is 24.6 Å². The number of carbonyl (C=O) groups excluding carboxylic acids is 2. The van der Waals surface area contributed by atoms with E-state index in [1.807, 2.05) is 0 Å². The molecule has 1 aliphatic rings. The van der Waals surface area contributed by atoms with Crippen LogP contribution in [0.1, 0.15) is 26.3 Å². The lowest BCUT2D eigenvalue weighted by Gasteiger charge is -2.14. The highest BCUT2D eigenvalue weighted by molar-refractivity contribution is 7.86. The fourth-order valence-corrected chi connectivity index (χ4v) is 3.86.